The number of unbranched alkanes of at least 4 members (excludes halogenated alkanes) is 21. The molecule has 0 aliphatic carbocycles. The van der Waals surface area contributed by atoms with Crippen LogP contribution in [-0.4, -0.2) is 60.5 Å². The average molecular weight is 906 g/mol. The number of phosphoric acid groups is 1. The zero-order chi connectivity index (χ0) is 46.2. The fourth-order valence-electron chi connectivity index (χ4n) is 6.63. The van der Waals surface area contributed by atoms with Gasteiger partial charge in [-0.1, -0.05) is 189 Å². The van der Waals surface area contributed by atoms with Gasteiger partial charge in [-0.25, -0.2) is 4.57 Å². The molecule has 0 rings (SSSR count). The van der Waals surface area contributed by atoms with E-state index in [0.29, 0.717) is 13.0 Å². The summed E-state index contributed by atoms with van der Waals surface area (Å²) in [5.74, 6) is -1.80. The minimum Gasteiger partial charge on any atom is -0.480 e. The predicted molar refractivity (Wildman–Crippen MR) is 263 cm³/mol. The van der Waals surface area contributed by atoms with Crippen LogP contribution in [0.3, 0.4) is 0 Å². The van der Waals surface area contributed by atoms with Crippen LogP contribution < -0.4 is 5.73 Å². The zero-order valence-corrected chi connectivity index (χ0v) is 40.8. The molecule has 0 spiro atoms. The maximum atomic E-state index is 12.7. The lowest BCUT2D eigenvalue weighted by Crippen LogP contribution is -2.34. The van der Waals surface area contributed by atoms with Gasteiger partial charge in [-0.2, -0.15) is 0 Å². The van der Waals surface area contributed by atoms with E-state index in [0.717, 1.165) is 83.5 Å². The van der Waals surface area contributed by atoms with Crippen LogP contribution in [0.15, 0.2) is 72.9 Å². The van der Waals surface area contributed by atoms with Crippen molar-refractivity contribution in [3.63, 3.8) is 0 Å². The van der Waals surface area contributed by atoms with Crippen molar-refractivity contribution in [3.05, 3.63) is 72.9 Å². The number of carboxylic acid groups (broad SMARTS) is 1. The van der Waals surface area contributed by atoms with Crippen LogP contribution in [-0.2, 0) is 32.7 Å². The van der Waals surface area contributed by atoms with Crippen molar-refractivity contribution in [1.82, 2.24) is 0 Å². The number of carbonyl (C=O) groups excluding carboxylic acids is 1. The van der Waals surface area contributed by atoms with Crippen molar-refractivity contribution >= 4 is 19.8 Å². The van der Waals surface area contributed by atoms with E-state index in [1.165, 1.54) is 96.3 Å². The molecular weight excluding hydrogens is 814 g/mol. The lowest BCUT2D eigenvalue weighted by Gasteiger charge is -2.20. The first-order valence-corrected chi connectivity index (χ1v) is 26.5. The van der Waals surface area contributed by atoms with Crippen molar-refractivity contribution in [2.75, 3.05) is 26.4 Å². The fraction of sp³-hybridized carbons (Fsp3) is 0.731. The van der Waals surface area contributed by atoms with Crippen LogP contribution in [0.5, 0.6) is 0 Å². The smallest absolute Gasteiger partial charge is 0.472 e. The number of nitrogens with two attached hydrogens (primary N) is 1. The van der Waals surface area contributed by atoms with Gasteiger partial charge < -0.3 is 25.2 Å². The summed E-state index contributed by atoms with van der Waals surface area (Å²) in [4.78, 5) is 33.7. The largest absolute Gasteiger partial charge is 0.480 e. The fourth-order valence-corrected chi connectivity index (χ4v) is 7.40. The molecule has 0 aromatic heterocycles. The molecule has 0 saturated carbocycles. The standard InChI is InChI=1S/C52H92NO9P/c1-3-5-7-9-11-13-15-17-19-21-23-25-26-28-30-32-34-36-38-40-42-44-51(54)62-49(47-60-63(57,58)61-48-50(53)52(55)56)46-59-45-43-41-39-37-35-33-31-29-27-24-22-20-18-16-14-12-10-8-6-4-2/h5,7,11,13,17-20,23,25,28,30,49-50H,3-4,6,8-10,12,14-16,21-22,24,26-27,29,31-48,53H2,1-2H3,(H,55,56)(H,57,58)/b7-5-,13-11-,19-17-,20-18-,25-23-,30-28-. The second-order valence-corrected chi connectivity index (χ2v) is 18.0. The molecule has 0 saturated heterocycles. The summed E-state index contributed by atoms with van der Waals surface area (Å²) in [6.45, 7) is 3.75. The average Bonchev–Trinajstić information content (AvgIpc) is 3.26. The maximum absolute atomic E-state index is 12.7. The Labute approximate surface area is 384 Å². The lowest BCUT2D eigenvalue weighted by molar-refractivity contribution is -0.154. The summed E-state index contributed by atoms with van der Waals surface area (Å²) in [7, 11) is -4.63. The van der Waals surface area contributed by atoms with E-state index in [2.05, 4.69) is 86.8 Å². The van der Waals surface area contributed by atoms with Gasteiger partial charge in [0, 0.05) is 13.0 Å². The number of carbonyl (C=O) groups is 2. The van der Waals surface area contributed by atoms with Gasteiger partial charge in [0.2, 0.25) is 0 Å². The number of hydrogen-bond donors (Lipinski definition) is 3. The van der Waals surface area contributed by atoms with Crippen molar-refractivity contribution < 1.29 is 42.7 Å². The monoisotopic (exact) mass is 906 g/mol. The summed E-state index contributed by atoms with van der Waals surface area (Å²) in [6, 6.07) is -1.48. The van der Waals surface area contributed by atoms with Crippen molar-refractivity contribution in [2.24, 2.45) is 5.73 Å². The topological polar surface area (TPSA) is 155 Å². The highest BCUT2D eigenvalue weighted by Gasteiger charge is 2.27. The third-order valence-corrected chi connectivity index (χ3v) is 11.4. The van der Waals surface area contributed by atoms with Crippen LogP contribution in [0.2, 0.25) is 0 Å². The Morgan fingerprint density at radius 1 is 0.524 bits per heavy atom. The highest BCUT2D eigenvalue weighted by molar-refractivity contribution is 7.47. The van der Waals surface area contributed by atoms with Crippen LogP contribution in [0.4, 0.5) is 0 Å². The van der Waals surface area contributed by atoms with Gasteiger partial charge in [-0.05, 0) is 83.5 Å². The Hall–Kier alpha value is -2.59. The Balaban J connectivity index is 4.21. The van der Waals surface area contributed by atoms with Gasteiger partial charge in [-0.15, -0.1) is 0 Å². The molecule has 10 nitrogen and oxygen atoms in total. The first-order chi connectivity index (χ1) is 30.7. The van der Waals surface area contributed by atoms with Crippen LogP contribution in [0.1, 0.15) is 206 Å². The molecule has 0 aromatic carbocycles. The number of esters is 1. The molecule has 0 bridgehead atoms. The molecule has 0 heterocycles. The van der Waals surface area contributed by atoms with Crippen molar-refractivity contribution in [1.29, 1.82) is 0 Å². The summed E-state index contributed by atoms with van der Waals surface area (Å²) in [5, 5.41) is 8.93. The molecule has 11 heteroatoms. The van der Waals surface area contributed by atoms with E-state index in [4.69, 9.17) is 29.4 Å². The second kappa shape index (κ2) is 47.4. The highest BCUT2D eigenvalue weighted by Crippen LogP contribution is 2.43. The number of rotatable bonds is 47. The molecule has 0 aromatic rings. The molecule has 0 aliphatic rings. The van der Waals surface area contributed by atoms with Crippen LogP contribution in [0.25, 0.3) is 0 Å². The molecule has 3 atom stereocenters. The zero-order valence-electron chi connectivity index (χ0n) is 39.9. The van der Waals surface area contributed by atoms with Gasteiger partial charge in [0.1, 0.15) is 12.1 Å². The molecule has 4 N–H and O–H groups in total. The predicted octanol–water partition coefficient (Wildman–Crippen LogP) is 14.5. The number of ether oxygens (including phenoxy) is 2. The maximum Gasteiger partial charge on any atom is 0.472 e. The SMILES string of the molecule is CC/C=C\C/C=C\C/C=C\C/C=C\C/C=C\CCCCCCCC(=O)OC(COCCCCCCCCCCCC/C=C\CCCCCCCC)COP(=O)(O)OCC(N)C(=O)O. The first kappa shape index (κ1) is 60.4. The summed E-state index contributed by atoms with van der Waals surface area (Å²) in [6.07, 6.45) is 59.5. The van der Waals surface area contributed by atoms with Gasteiger partial charge in [0.25, 0.3) is 0 Å². The first-order valence-electron chi connectivity index (χ1n) is 25.0. The van der Waals surface area contributed by atoms with E-state index in [9.17, 15) is 19.0 Å². The molecule has 0 radical (unpaired) electrons. The van der Waals surface area contributed by atoms with E-state index < -0.39 is 45.1 Å². The van der Waals surface area contributed by atoms with Gasteiger partial charge in [0.15, 0.2) is 0 Å². The van der Waals surface area contributed by atoms with Crippen LogP contribution in [0, 0.1) is 0 Å². The molecule has 63 heavy (non-hydrogen) atoms. The summed E-state index contributed by atoms with van der Waals surface area (Å²) in [5.41, 5.74) is 5.37. The van der Waals surface area contributed by atoms with Crippen molar-refractivity contribution in [2.45, 2.75) is 219 Å². The molecule has 364 valence electrons. The minimum atomic E-state index is -4.63. The van der Waals surface area contributed by atoms with E-state index >= 15 is 0 Å². The second-order valence-electron chi connectivity index (χ2n) is 16.6. The summed E-state index contributed by atoms with van der Waals surface area (Å²) >= 11 is 0. The number of phosphoric ester groups is 1. The Morgan fingerprint density at radius 3 is 1.40 bits per heavy atom. The molecule has 0 aliphatic heterocycles. The summed E-state index contributed by atoms with van der Waals surface area (Å²) < 4.78 is 33.5. The van der Waals surface area contributed by atoms with E-state index in [1.54, 1.807) is 0 Å². The number of aliphatic carboxylic acids is 1. The number of hydrogen-bond acceptors (Lipinski definition) is 8. The Morgan fingerprint density at radius 2 is 0.921 bits per heavy atom. The molecular formula is C52H92NO9P. The van der Waals surface area contributed by atoms with E-state index in [-0.39, 0.29) is 13.0 Å². The van der Waals surface area contributed by atoms with Gasteiger partial charge >= 0.3 is 19.8 Å². The van der Waals surface area contributed by atoms with Gasteiger partial charge in [0.05, 0.1) is 19.8 Å². The number of carboxylic acids is 1. The minimum absolute atomic E-state index is 0.00506. The Bertz CT molecular complexity index is 1280. The Kier molecular flexibility index (Phi) is 45.4. The quantitative estimate of drug-likeness (QED) is 0.0233. The normalized spacial score (nSPS) is 14.3. The third-order valence-electron chi connectivity index (χ3n) is 10.5. The molecule has 3 unspecified atom stereocenters. The van der Waals surface area contributed by atoms with Gasteiger partial charge in [-0.3, -0.25) is 18.6 Å². The third kappa shape index (κ3) is 47.2. The number of allylic oxidation sites excluding steroid dienone is 12. The van der Waals surface area contributed by atoms with E-state index in [1.807, 2.05) is 0 Å². The molecule has 0 amide bonds. The molecule has 0 fully saturated rings. The lowest BCUT2D eigenvalue weighted by atomic mass is 10.1. The van der Waals surface area contributed by atoms with Crippen LogP contribution >= 0.6 is 7.82 Å². The highest BCUT2D eigenvalue weighted by atomic mass is 31.2. The van der Waals surface area contributed by atoms with Crippen molar-refractivity contribution in [3.8, 4) is 0 Å².